The third-order valence-corrected chi connectivity index (χ3v) is 4.21. The van der Waals surface area contributed by atoms with Crippen molar-refractivity contribution in [2.75, 3.05) is 18.9 Å². The first kappa shape index (κ1) is 15.6. The highest BCUT2D eigenvalue weighted by Crippen LogP contribution is 2.19. The summed E-state index contributed by atoms with van der Waals surface area (Å²) in [7, 11) is -2.19. The molecular weight excluding hydrogens is 266 g/mol. The van der Waals surface area contributed by atoms with Gasteiger partial charge in [0, 0.05) is 12.2 Å². The van der Waals surface area contributed by atoms with Crippen LogP contribution in [0.3, 0.4) is 0 Å². The van der Waals surface area contributed by atoms with E-state index in [0.717, 1.165) is 0 Å². The SMILES string of the molecule is CNS(=O)(=O)c1cccc(NC(=O)C(C)(C)CN)c1. The van der Waals surface area contributed by atoms with Crippen LogP contribution in [-0.2, 0) is 14.8 Å². The molecule has 4 N–H and O–H groups in total. The van der Waals surface area contributed by atoms with Gasteiger partial charge in [-0.3, -0.25) is 4.79 Å². The van der Waals surface area contributed by atoms with Gasteiger partial charge in [0.2, 0.25) is 15.9 Å². The van der Waals surface area contributed by atoms with Crippen molar-refractivity contribution in [1.82, 2.24) is 4.72 Å². The number of amides is 1. The monoisotopic (exact) mass is 285 g/mol. The number of carbonyl (C=O) groups is 1. The Morgan fingerprint density at radius 1 is 1.37 bits per heavy atom. The minimum Gasteiger partial charge on any atom is -0.329 e. The highest BCUT2D eigenvalue weighted by atomic mass is 32.2. The van der Waals surface area contributed by atoms with Crippen molar-refractivity contribution in [2.45, 2.75) is 18.7 Å². The molecule has 0 atom stereocenters. The Morgan fingerprint density at radius 3 is 2.53 bits per heavy atom. The van der Waals surface area contributed by atoms with Crippen molar-refractivity contribution in [3.05, 3.63) is 24.3 Å². The summed E-state index contributed by atoms with van der Waals surface area (Å²) in [4.78, 5) is 12.0. The molecule has 0 bridgehead atoms. The van der Waals surface area contributed by atoms with Crippen molar-refractivity contribution in [1.29, 1.82) is 0 Å². The van der Waals surface area contributed by atoms with Gasteiger partial charge >= 0.3 is 0 Å². The predicted octanol–water partition coefficient (Wildman–Crippen LogP) is 0.518. The number of nitrogens with two attached hydrogens (primary N) is 1. The highest BCUT2D eigenvalue weighted by Gasteiger charge is 2.26. The van der Waals surface area contributed by atoms with E-state index >= 15 is 0 Å². The molecule has 7 heteroatoms. The van der Waals surface area contributed by atoms with Crippen LogP contribution in [0, 0.1) is 5.41 Å². The van der Waals surface area contributed by atoms with Gasteiger partial charge in [0.25, 0.3) is 0 Å². The van der Waals surface area contributed by atoms with Gasteiger partial charge in [-0.15, -0.1) is 0 Å². The van der Waals surface area contributed by atoms with E-state index in [1.165, 1.54) is 19.2 Å². The van der Waals surface area contributed by atoms with Crippen molar-refractivity contribution in [3.8, 4) is 0 Å². The van der Waals surface area contributed by atoms with Crippen LogP contribution in [0.1, 0.15) is 13.8 Å². The van der Waals surface area contributed by atoms with Crippen LogP contribution in [0.25, 0.3) is 0 Å². The maximum absolute atomic E-state index is 11.9. The Hall–Kier alpha value is -1.44. The summed E-state index contributed by atoms with van der Waals surface area (Å²) in [6, 6.07) is 6.04. The summed E-state index contributed by atoms with van der Waals surface area (Å²) in [6.45, 7) is 3.64. The molecule has 0 heterocycles. The van der Waals surface area contributed by atoms with E-state index in [1.807, 2.05) is 0 Å². The Labute approximate surface area is 113 Å². The van der Waals surface area contributed by atoms with Gasteiger partial charge < -0.3 is 11.1 Å². The van der Waals surface area contributed by atoms with E-state index in [9.17, 15) is 13.2 Å². The van der Waals surface area contributed by atoms with Crippen LogP contribution >= 0.6 is 0 Å². The van der Waals surface area contributed by atoms with E-state index in [2.05, 4.69) is 10.0 Å². The van der Waals surface area contributed by atoms with E-state index in [4.69, 9.17) is 5.73 Å². The summed E-state index contributed by atoms with van der Waals surface area (Å²) in [5.74, 6) is -0.256. The zero-order valence-electron chi connectivity index (χ0n) is 11.2. The number of anilines is 1. The lowest BCUT2D eigenvalue weighted by Gasteiger charge is -2.21. The van der Waals surface area contributed by atoms with E-state index in [-0.39, 0.29) is 17.3 Å². The average molecular weight is 285 g/mol. The van der Waals surface area contributed by atoms with Crippen LogP contribution in [0.2, 0.25) is 0 Å². The van der Waals surface area contributed by atoms with Gasteiger partial charge in [0.15, 0.2) is 0 Å². The molecule has 1 aromatic carbocycles. The van der Waals surface area contributed by atoms with Crippen LogP contribution in [0.15, 0.2) is 29.2 Å². The largest absolute Gasteiger partial charge is 0.329 e. The third-order valence-electron chi connectivity index (χ3n) is 2.80. The van der Waals surface area contributed by atoms with Gasteiger partial charge in [0.05, 0.1) is 10.3 Å². The van der Waals surface area contributed by atoms with E-state index in [0.29, 0.717) is 5.69 Å². The summed E-state index contributed by atoms with van der Waals surface area (Å²) in [6.07, 6.45) is 0. The topological polar surface area (TPSA) is 101 Å². The molecule has 0 unspecified atom stereocenters. The van der Waals surface area contributed by atoms with Crippen LogP contribution < -0.4 is 15.8 Å². The van der Waals surface area contributed by atoms with Crippen molar-refractivity contribution in [2.24, 2.45) is 11.1 Å². The Morgan fingerprint density at radius 2 is 2.00 bits per heavy atom. The Bertz CT molecular complexity index is 567. The van der Waals surface area contributed by atoms with E-state index in [1.54, 1.807) is 26.0 Å². The molecule has 0 saturated heterocycles. The highest BCUT2D eigenvalue weighted by molar-refractivity contribution is 7.89. The molecule has 0 saturated carbocycles. The molecule has 0 aliphatic carbocycles. The first-order valence-corrected chi connectivity index (χ1v) is 7.26. The number of hydrogen-bond donors (Lipinski definition) is 3. The van der Waals surface area contributed by atoms with Gasteiger partial charge in [-0.25, -0.2) is 13.1 Å². The number of benzene rings is 1. The van der Waals surface area contributed by atoms with Crippen molar-refractivity contribution in [3.63, 3.8) is 0 Å². The fraction of sp³-hybridized carbons (Fsp3) is 0.417. The van der Waals surface area contributed by atoms with Gasteiger partial charge in [-0.2, -0.15) is 0 Å². The lowest BCUT2D eigenvalue weighted by atomic mass is 9.92. The fourth-order valence-corrected chi connectivity index (χ4v) is 2.03. The lowest BCUT2D eigenvalue weighted by molar-refractivity contribution is -0.123. The molecule has 0 aliphatic rings. The fourth-order valence-electron chi connectivity index (χ4n) is 1.25. The molecule has 0 aliphatic heterocycles. The van der Waals surface area contributed by atoms with Gasteiger partial charge in [0.1, 0.15) is 0 Å². The van der Waals surface area contributed by atoms with Crippen LogP contribution in [-0.4, -0.2) is 27.9 Å². The quantitative estimate of drug-likeness (QED) is 0.734. The van der Waals surface area contributed by atoms with E-state index < -0.39 is 15.4 Å². The third kappa shape index (κ3) is 3.76. The lowest BCUT2D eigenvalue weighted by Crippen LogP contribution is -2.37. The van der Waals surface area contributed by atoms with Crippen molar-refractivity contribution >= 4 is 21.6 Å². The molecule has 0 radical (unpaired) electrons. The molecular formula is C12H19N3O3S. The molecule has 1 aromatic rings. The first-order chi connectivity index (χ1) is 8.73. The number of hydrogen-bond acceptors (Lipinski definition) is 4. The Kier molecular flexibility index (Phi) is 4.67. The molecule has 106 valence electrons. The van der Waals surface area contributed by atoms with Crippen LogP contribution in [0.4, 0.5) is 5.69 Å². The Balaban J connectivity index is 3.00. The van der Waals surface area contributed by atoms with Crippen molar-refractivity contribution < 1.29 is 13.2 Å². The molecule has 1 rings (SSSR count). The normalized spacial score (nSPS) is 12.2. The zero-order chi connectivity index (χ0) is 14.7. The van der Waals surface area contributed by atoms with Crippen LogP contribution in [0.5, 0.6) is 0 Å². The molecule has 19 heavy (non-hydrogen) atoms. The molecule has 0 spiro atoms. The number of sulfonamides is 1. The number of rotatable bonds is 5. The zero-order valence-corrected chi connectivity index (χ0v) is 12.0. The second-order valence-electron chi connectivity index (χ2n) is 4.78. The van der Waals surface area contributed by atoms with Gasteiger partial charge in [-0.05, 0) is 39.1 Å². The molecule has 6 nitrogen and oxygen atoms in total. The minimum absolute atomic E-state index is 0.0957. The standard InChI is InChI=1S/C12H19N3O3S/c1-12(2,8-13)11(16)15-9-5-4-6-10(7-9)19(17,18)14-3/h4-7,14H,8,13H2,1-3H3,(H,15,16). The summed E-state index contributed by atoms with van der Waals surface area (Å²) in [5.41, 5.74) is 5.22. The first-order valence-electron chi connectivity index (χ1n) is 5.78. The average Bonchev–Trinajstić information content (AvgIpc) is 2.39. The number of nitrogens with one attached hydrogen (secondary N) is 2. The second-order valence-corrected chi connectivity index (χ2v) is 6.66. The number of carbonyl (C=O) groups excluding carboxylic acids is 1. The maximum atomic E-state index is 11.9. The summed E-state index contributed by atoms with van der Waals surface area (Å²) >= 11 is 0. The molecule has 1 amide bonds. The minimum atomic E-state index is -3.52. The maximum Gasteiger partial charge on any atom is 0.240 e. The smallest absolute Gasteiger partial charge is 0.240 e. The molecule has 0 fully saturated rings. The summed E-state index contributed by atoms with van der Waals surface area (Å²) in [5, 5.41) is 2.66. The summed E-state index contributed by atoms with van der Waals surface area (Å²) < 4.78 is 25.5. The predicted molar refractivity (Wildman–Crippen MR) is 74.2 cm³/mol. The second kappa shape index (κ2) is 5.68. The molecule has 0 aromatic heterocycles. The van der Waals surface area contributed by atoms with Gasteiger partial charge in [-0.1, -0.05) is 6.07 Å².